The maximum absolute atomic E-state index is 14.1. The molecule has 0 saturated carbocycles. The largest absolute Gasteiger partial charge is 0.497 e. The van der Waals surface area contributed by atoms with Gasteiger partial charge in [0.05, 0.1) is 36.9 Å². The average molecular weight is 727 g/mol. The molecule has 0 bridgehead atoms. The number of carbonyl (C=O) groups excluding carboxylic acids is 2. The number of nitrogens with one attached hydrogen (secondary N) is 2. The first kappa shape index (κ1) is 32.9. The molecule has 0 radical (unpaired) electrons. The molecule has 0 aliphatic carbocycles. The number of amidine groups is 1. The van der Waals surface area contributed by atoms with Crippen LogP contribution in [0.25, 0.3) is 22.4 Å². The van der Waals surface area contributed by atoms with E-state index in [1.807, 2.05) is 52.7 Å². The molecule has 8 rings (SSSR count). The van der Waals surface area contributed by atoms with E-state index < -0.39 is 17.8 Å². The molecule has 2 fully saturated rings. The quantitative estimate of drug-likeness (QED) is 0.197. The van der Waals surface area contributed by atoms with Gasteiger partial charge in [0, 0.05) is 71.8 Å². The molecule has 2 amide bonds. The third-order valence-corrected chi connectivity index (χ3v) is 10.5. The number of ether oxygens (including phenoxy) is 2. The summed E-state index contributed by atoms with van der Waals surface area (Å²) in [7, 11) is 2.94. The van der Waals surface area contributed by atoms with Crippen molar-refractivity contribution in [2.75, 3.05) is 51.8 Å². The second kappa shape index (κ2) is 13.4. The summed E-state index contributed by atoms with van der Waals surface area (Å²) in [6, 6.07) is 16.5. The zero-order valence-electron chi connectivity index (χ0n) is 27.6. The number of esters is 1. The molecule has 0 unspecified atom stereocenters. The molecule has 2 atom stereocenters. The van der Waals surface area contributed by atoms with Crippen molar-refractivity contribution < 1.29 is 23.5 Å². The van der Waals surface area contributed by atoms with Crippen LogP contribution >= 0.6 is 22.9 Å². The normalized spacial score (nSPS) is 19.3. The summed E-state index contributed by atoms with van der Waals surface area (Å²) in [5, 5.41) is 5.96. The summed E-state index contributed by atoms with van der Waals surface area (Å²) in [5.74, 6) is 0.905. The number of anilines is 1. The second-order valence-corrected chi connectivity index (χ2v) is 13.7. The van der Waals surface area contributed by atoms with Crippen molar-refractivity contribution in [3.05, 3.63) is 105 Å². The number of carbonyl (C=O) groups is 2. The van der Waals surface area contributed by atoms with Gasteiger partial charge in [-0.05, 0) is 54.6 Å². The van der Waals surface area contributed by atoms with Gasteiger partial charge < -0.3 is 24.7 Å². The Morgan fingerprint density at radius 2 is 1.92 bits per heavy atom. The van der Waals surface area contributed by atoms with Gasteiger partial charge in [0.2, 0.25) is 0 Å². The molecular weight excluding hydrogens is 695 g/mol. The Labute approximate surface area is 301 Å². The zero-order chi connectivity index (χ0) is 35.2. The number of imidazole rings is 1. The number of thiazole rings is 1. The Morgan fingerprint density at radius 1 is 1.08 bits per heavy atom. The highest BCUT2D eigenvalue weighted by molar-refractivity contribution is 7.11. The summed E-state index contributed by atoms with van der Waals surface area (Å²) < 4.78 is 24.6. The molecule has 2 N–H and O–H groups in total. The number of aliphatic imine (C=N–C) groups is 1. The van der Waals surface area contributed by atoms with E-state index in [1.54, 1.807) is 18.2 Å². The van der Waals surface area contributed by atoms with Crippen LogP contribution in [-0.2, 0) is 9.53 Å². The van der Waals surface area contributed by atoms with E-state index in [2.05, 4.69) is 20.2 Å². The lowest BCUT2D eigenvalue weighted by molar-refractivity contribution is -0.136. The van der Waals surface area contributed by atoms with E-state index in [0.717, 1.165) is 33.9 Å². The lowest BCUT2D eigenvalue weighted by atomic mass is 9.95. The predicted octanol–water partition coefficient (Wildman–Crippen LogP) is 5.63. The van der Waals surface area contributed by atoms with Gasteiger partial charge >= 0.3 is 12.0 Å². The van der Waals surface area contributed by atoms with Gasteiger partial charge in [-0.3, -0.25) is 14.8 Å². The molecular formula is C36H32ClFN8O4S. The Hall–Kier alpha value is -5.31. The number of piperazine rings is 1. The summed E-state index contributed by atoms with van der Waals surface area (Å²) in [5.41, 5.74) is 4.66. The number of fused-ring (bicyclic) bond motifs is 2. The fourth-order valence-corrected chi connectivity index (χ4v) is 7.73. The Balaban J connectivity index is 1.04. The fourth-order valence-electron chi connectivity index (χ4n) is 6.87. The number of aromatic nitrogens is 3. The van der Waals surface area contributed by atoms with Crippen LogP contribution in [0.15, 0.2) is 88.5 Å². The van der Waals surface area contributed by atoms with Gasteiger partial charge in [-0.1, -0.05) is 17.7 Å². The van der Waals surface area contributed by atoms with Gasteiger partial charge in [-0.15, -0.1) is 11.3 Å². The Kier molecular flexibility index (Phi) is 8.66. The van der Waals surface area contributed by atoms with Crippen molar-refractivity contribution in [3.63, 3.8) is 0 Å². The standard InChI is InChI=1S/C36H32ClFN8O4S/c1-49-24-7-3-20(4-8-24)32-40-27-10-6-22(16-28(27)41-32)46-18-23-17-44(12-13-45(23)36(46)48)19-29-30(35(47)50-2)31(25-9-5-21(38)15-26(25)37)43-33(42-29)34-39-11-14-51-34/h3-11,14-16,23,31H,12-13,17-19H2,1-2H3,(H,40,41)(H,42,43)/t23-,31-/m0/s1. The van der Waals surface area contributed by atoms with Gasteiger partial charge in [0.1, 0.15) is 23.4 Å². The number of rotatable bonds is 8. The molecule has 5 aromatic rings. The number of H-pyrrole nitrogens is 1. The molecule has 2 saturated heterocycles. The van der Waals surface area contributed by atoms with Crippen molar-refractivity contribution in [2.45, 2.75) is 12.1 Å². The molecule has 12 nitrogen and oxygen atoms in total. The molecule has 0 spiro atoms. The summed E-state index contributed by atoms with van der Waals surface area (Å²) in [4.78, 5) is 50.4. The first-order chi connectivity index (χ1) is 24.8. The van der Waals surface area contributed by atoms with Crippen LogP contribution in [0, 0.1) is 5.82 Å². The van der Waals surface area contributed by atoms with Crippen molar-refractivity contribution in [2.24, 2.45) is 4.99 Å². The highest BCUT2D eigenvalue weighted by Gasteiger charge is 2.42. The van der Waals surface area contributed by atoms with Crippen LogP contribution in [0.1, 0.15) is 16.6 Å². The van der Waals surface area contributed by atoms with E-state index in [-0.39, 0.29) is 22.7 Å². The fraction of sp³-hybridized carbons (Fsp3) is 0.250. The first-order valence-electron chi connectivity index (χ1n) is 16.2. The summed E-state index contributed by atoms with van der Waals surface area (Å²) in [6.07, 6.45) is 1.68. The number of hydrogen-bond acceptors (Lipinski definition) is 10. The number of methoxy groups -OCH3 is 2. The lowest BCUT2D eigenvalue weighted by Gasteiger charge is -2.38. The minimum Gasteiger partial charge on any atom is -0.497 e. The van der Waals surface area contributed by atoms with E-state index in [4.69, 9.17) is 31.1 Å². The number of nitrogens with zero attached hydrogens (tertiary/aromatic N) is 6. The molecule has 2 aromatic heterocycles. The van der Waals surface area contributed by atoms with E-state index in [9.17, 15) is 14.0 Å². The number of benzene rings is 3. The lowest BCUT2D eigenvalue weighted by Crippen LogP contribution is -2.53. The molecule has 5 heterocycles. The number of urea groups is 1. The molecule has 15 heteroatoms. The monoisotopic (exact) mass is 726 g/mol. The predicted molar refractivity (Wildman–Crippen MR) is 193 cm³/mol. The van der Waals surface area contributed by atoms with Crippen molar-refractivity contribution in [3.8, 4) is 17.1 Å². The smallest absolute Gasteiger partial charge is 0.338 e. The number of aromatic amines is 1. The summed E-state index contributed by atoms with van der Waals surface area (Å²) >= 11 is 7.92. The summed E-state index contributed by atoms with van der Waals surface area (Å²) in [6.45, 7) is 2.49. The van der Waals surface area contributed by atoms with Crippen molar-refractivity contribution in [1.29, 1.82) is 0 Å². The second-order valence-electron chi connectivity index (χ2n) is 12.4. The topological polar surface area (TPSA) is 128 Å². The third-order valence-electron chi connectivity index (χ3n) is 9.38. The molecule has 3 aliphatic heterocycles. The van der Waals surface area contributed by atoms with Gasteiger partial charge in [-0.2, -0.15) is 0 Å². The number of amides is 2. The first-order valence-corrected chi connectivity index (χ1v) is 17.5. The van der Waals surface area contributed by atoms with Gasteiger partial charge in [0.15, 0.2) is 10.8 Å². The van der Waals surface area contributed by atoms with E-state index in [1.165, 1.54) is 36.6 Å². The Morgan fingerprint density at radius 3 is 2.67 bits per heavy atom. The minimum atomic E-state index is -0.854. The van der Waals surface area contributed by atoms with Crippen LogP contribution in [0.5, 0.6) is 5.75 Å². The van der Waals surface area contributed by atoms with Crippen molar-refractivity contribution >= 4 is 57.5 Å². The maximum Gasteiger partial charge on any atom is 0.338 e. The van der Waals surface area contributed by atoms with Crippen LogP contribution < -0.4 is 15.0 Å². The molecule has 51 heavy (non-hydrogen) atoms. The Bertz CT molecular complexity index is 2210. The maximum atomic E-state index is 14.1. The van der Waals surface area contributed by atoms with Crippen LogP contribution in [0.3, 0.4) is 0 Å². The van der Waals surface area contributed by atoms with E-state index in [0.29, 0.717) is 54.8 Å². The molecule has 260 valence electrons. The van der Waals surface area contributed by atoms with E-state index >= 15 is 0 Å². The van der Waals surface area contributed by atoms with Crippen LogP contribution in [0.4, 0.5) is 14.9 Å². The minimum absolute atomic E-state index is 0.0561. The average Bonchev–Trinajstić information content (AvgIpc) is 3.90. The third kappa shape index (κ3) is 6.19. The number of halogens is 2. The zero-order valence-corrected chi connectivity index (χ0v) is 29.2. The van der Waals surface area contributed by atoms with Gasteiger partial charge in [0.25, 0.3) is 0 Å². The number of hydrogen-bond donors (Lipinski definition) is 2. The SMILES string of the molecule is COC(=O)C1=C(CN2CCN3C(=O)N(c4ccc5[nH]c(-c6ccc(OC)cc6)nc5c4)C[C@@H]3C2)NC(c2nccs2)=N[C@H]1c1ccc(F)cc1Cl. The highest BCUT2D eigenvalue weighted by Crippen LogP contribution is 2.37. The van der Waals surface area contributed by atoms with Gasteiger partial charge in [-0.25, -0.2) is 23.9 Å². The highest BCUT2D eigenvalue weighted by atomic mass is 35.5. The van der Waals surface area contributed by atoms with Crippen LogP contribution in [-0.4, -0.2) is 95.6 Å². The van der Waals surface area contributed by atoms with Crippen molar-refractivity contribution in [1.82, 2.24) is 30.1 Å². The molecule has 3 aliphatic rings. The van der Waals surface area contributed by atoms with Crippen LogP contribution in [0.2, 0.25) is 5.02 Å². The molecule has 3 aromatic carbocycles.